The van der Waals surface area contributed by atoms with Gasteiger partial charge in [-0.05, 0) is 29.8 Å². The molecule has 0 radical (unpaired) electrons. The highest BCUT2D eigenvalue weighted by molar-refractivity contribution is 8.29. The van der Waals surface area contributed by atoms with Gasteiger partial charge < -0.3 is 9.29 Å². The van der Waals surface area contributed by atoms with Crippen LogP contribution in [0.1, 0.15) is 5.56 Å². The van der Waals surface area contributed by atoms with Crippen LogP contribution < -0.4 is 4.74 Å². The van der Waals surface area contributed by atoms with Crippen LogP contribution in [0, 0.1) is 0 Å². The Balaban J connectivity index is 2.03. The average Bonchev–Trinajstić information content (AvgIpc) is 2.37. The minimum absolute atomic E-state index is 0.226. The predicted molar refractivity (Wildman–Crippen MR) is 73.6 cm³/mol. The van der Waals surface area contributed by atoms with E-state index >= 15 is 0 Å². The molecule has 2 aromatic carbocycles. The molecule has 0 saturated carbocycles. The molecule has 1 unspecified atom stereocenters. The Hall–Kier alpha value is -1.43. The van der Waals surface area contributed by atoms with E-state index in [1.54, 1.807) is 12.1 Å². The molecule has 0 spiro atoms. The summed E-state index contributed by atoms with van der Waals surface area (Å²) in [5, 5.41) is 0. The van der Waals surface area contributed by atoms with E-state index in [1.807, 2.05) is 30.3 Å². The van der Waals surface area contributed by atoms with Gasteiger partial charge in [0.15, 0.2) is 8.77 Å². The maximum Gasteiger partial charge on any atom is 0.171 e. The van der Waals surface area contributed by atoms with Gasteiger partial charge in [0.25, 0.3) is 0 Å². The highest BCUT2D eigenvalue weighted by Crippen LogP contribution is 2.17. The van der Waals surface area contributed by atoms with Gasteiger partial charge in [-0.3, -0.25) is 0 Å². The summed E-state index contributed by atoms with van der Waals surface area (Å²) in [6.07, 6.45) is 0. The van der Waals surface area contributed by atoms with Crippen molar-refractivity contribution >= 4 is 20.0 Å². The maximum atomic E-state index is 11.2. The van der Waals surface area contributed by atoms with E-state index in [1.165, 1.54) is 12.1 Å². The minimum Gasteiger partial charge on any atom is -0.489 e. The molecular formula is C13H12O3S2. The van der Waals surface area contributed by atoms with E-state index < -0.39 is 8.77 Å². The third-order valence-electron chi connectivity index (χ3n) is 2.37. The Morgan fingerprint density at radius 2 is 1.67 bits per heavy atom. The first kappa shape index (κ1) is 13.0. The summed E-state index contributed by atoms with van der Waals surface area (Å²) in [6, 6.07) is 16.1. The van der Waals surface area contributed by atoms with Crippen LogP contribution in [0.15, 0.2) is 59.5 Å². The fourth-order valence-electron chi connectivity index (χ4n) is 1.45. The van der Waals surface area contributed by atoms with Crippen LogP contribution >= 0.6 is 0 Å². The summed E-state index contributed by atoms with van der Waals surface area (Å²) in [4.78, 5) is 0.226. The van der Waals surface area contributed by atoms with Crippen molar-refractivity contribution in [2.75, 3.05) is 0 Å². The second-order valence-corrected chi connectivity index (χ2v) is 6.50. The van der Waals surface area contributed by atoms with Gasteiger partial charge in [-0.2, -0.15) is 0 Å². The van der Waals surface area contributed by atoms with Crippen LogP contribution in [0.2, 0.25) is 0 Å². The van der Waals surface area contributed by atoms with Crippen LogP contribution in [-0.2, 0) is 26.6 Å². The second kappa shape index (κ2) is 5.48. The lowest BCUT2D eigenvalue weighted by Gasteiger charge is -2.07. The molecule has 0 saturated heterocycles. The molecule has 0 heterocycles. The zero-order valence-corrected chi connectivity index (χ0v) is 11.1. The quantitative estimate of drug-likeness (QED) is 0.935. The van der Waals surface area contributed by atoms with E-state index in [2.05, 4.69) is 11.2 Å². The Bertz CT molecular complexity index is 604. The lowest BCUT2D eigenvalue weighted by Crippen LogP contribution is -1.97. The lowest BCUT2D eigenvalue weighted by molar-refractivity contribution is 0.306. The smallest absolute Gasteiger partial charge is 0.171 e. The SMILES string of the molecule is O=S(O)(=S)c1ccc(OCc2ccccc2)cc1. The molecule has 0 amide bonds. The Morgan fingerprint density at radius 3 is 2.22 bits per heavy atom. The molecule has 3 nitrogen and oxygen atoms in total. The van der Waals surface area contributed by atoms with Gasteiger partial charge in [-0.25, -0.2) is 4.21 Å². The second-order valence-electron chi connectivity index (χ2n) is 3.72. The maximum absolute atomic E-state index is 11.2. The van der Waals surface area contributed by atoms with Gasteiger partial charge in [-0.1, -0.05) is 30.3 Å². The zero-order valence-electron chi connectivity index (χ0n) is 9.48. The average molecular weight is 280 g/mol. The van der Waals surface area contributed by atoms with E-state index in [4.69, 9.17) is 4.74 Å². The van der Waals surface area contributed by atoms with Gasteiger partial charge in [0, 0.05) is 11.2 Å². The Labute approximate surface area is 111 Å². The van der Waals surface area contributed by atoms with Crippen LogP contribution in [0.4, 0.5) is 0 Å². The van der Waals surface area contributed by atoms with Crippen molar-refractivity contribution in [2.24, 2.45) is 0 Å². The molecule has 0 bridgehead atoms. The first-order valence-electron chi connectivity index (χ1n) is 5.30. The number of hydrogen-bond acceptors (Lipinski definition) is 3. The molecule has 2 rings (SSSR count). The van der Waals surface area contributed by atoms with Gasteiger partial charge in [0.1, 0.15) is 12.4 Å². The van der Waals surface area contributed by atoms with Crippen LogP contribution in [0.25, 0.3) is 0 Å². The first-order valence-corrected chi connectivity index (χ1v) is 7.74. The highest BCUT2D eigenvalue weighted by atomic mass is 32.8. The Morgan fingerprint density at radius 1 is 1.06 bits per heavy atom. The third-order valence-corrected chi connectivity index (χ3v) is 3.82. The number of benzene rings is 2. The van der Waals surface area contributed by atoms with Crippen LogP contribution in [0.3, 0.4) is 0 Å². The van der Waals surface area contributed by atoms with Gasteiger partial charge >= 0.3 is 0 Å². The molecule has 94 valence electrons. The summed E-state index contributed by atoms with van der Waals surface area (Å²) in [5.74, 6) is 0.640. The molecule has 2 aromatic rings. The van der Waals surface area contributed by atoms with Gasteiger partial charge in [0.05, 0.1) is 4.90 Å². The summed E-state index contributed by atoms with van der Waals surface area (Å²) in [6.45, 7) is 0.461. The summed E-state index contributed by atoms with van der Waals surface area (Å²) in [5.41, 5.74) is 1.07. The first-order chi connectivity index (χ1) is 8.55. The molecule has 18 heavy (non-hydrogen) atoms. The predicted octanol–water partition coefficient (Wildman–Crippen LogP) is 2.84. The van der Waals surface area contributed by atoms with Gasteiger partial charge in [-0.15, -0.1) is 0 Å². The topological polar surface area (TPSA) is 46.5 Å². The molecule has 1 N–H and O–H groups in total. The van der Waals surface area contributed by atoms with Crippen LogP contribution in [-0.4, -0.2) is 8.76 Å². The van der Waals surface area contributed by atoms with Crippen molar-refractivity contribution in [2.45, 2.75) is 11.5 Å². The largest absolute Gasteiger partial charge is 0.489 e. The van der Waals surface area contributed by atoms with Crippen molar-refractivity contribution < 1.29 is 13.5 Å². The van der Waals surface area contributed by atoms with Crippen molar-refractivity contribution in [3.05, 3.63) is 60.2 Å². The van der Waals surface area contributed by atoms with Crippen molar-refractivity contribution in [1.29, 1.82) is 0 Å². The standard InChI is InChI=1S/C13H12O3S2/c14-18(15,17)13-8-6-12(7-9-13)16-10-11-4-2-1-3-5-11/h1-9H,10H2,(H,14,15,17). The summed E-state index contributed by atoms with van der Waals surface area (Å²) < 4.78 is 25.9. The summed E-state index contributed by atoms with van der Waals surface area (Å²) in [7, 11) is -3.31. The third kappa shape index (κ3) is 3.53. The molecule has 1 atom stereocenters. The molecule has 5 heteroatoms. The van der Waals surface area contributed by atoms with E-state index in [0.717, 1.165) is 5.56 Å². The monoisotopic (exact) mass is 280 g/mol. The fraction of sp³-hybridized carbons (Fsp3) is 0.0769. The normalized spacial score (nSPS) is 13.8. The lowest BCUT2D eigenvalue weighted by atomic mass is 10.2. The van der Waals surface area contributed by atoms with Crippen molar-refractivity contribution in [1.82, 2.24) is 0 Å². The van der Waals surface area contributed by atoms with Gasteiger partial charge in [0.2, 0.25) is 0 Å². The fourth-order valence-corrected chi connectivity index (χ4v) is 2.26. The van der Waals surface area contributed by atoms with E-state index in [-0.39, 0.29) is 4.90 Å². The van der Waals surface area contributed by atoms with E-state index in [0.29, 0.717) is 12.4 Å². The van der Waals surface area contributed by atoms with Crippen LogP contribution in [0.5, 0.6) is 5.75 Å². The molecular weight excluding hydrogens is 268 g/mol. The molecule has 0 aliphatic heterocycles. The molecule has 0 aromatic heterocycles. The molecule has 0 aliphatic rings. The van der Waals surface area contributed by atoms with Crippen molar-refractivity contribution in [3.8, 4) is 5.75 Å². The molecule has 0 fully saturated rings. The number of hydrogen-bond donors (Lipinski definition) is 1. The number of rotatable bonds is 4. The minimum atomic E-state index is -3.31. The van der Waals surface area contributed by atoms with E-state index in [9.17, 15) is 8.76 Å². The summed E-state index contributed by atoms with van der Waals surface area (Å²) >= 11 is 4.48. The molecule has 0 aliphatic carbocycles. The Kier molecular flexibility index (Phi) is 3.96. The van der Waals surface area contributed by atoms with Crippen molar-refractivity contribution in [3.63, 3.8) is 0 Å². The zero-order chi connectivity index (χ0) is 13.0. The highest BCUT2D eigenvalue weighted by Gasteiger charge is 2.04. The number of ether oxygens (including phenoxy) is 1.